The molecular weight excluding hydrogens is 332 g/mol. The van der Waals surface area contributed by atoms with Crippen LogP contribution in [0, 0.1) is 18.9 Å². The lowest BCUT2D eigenvalue weighted by molar-refractivity contribution is 0.223. The molecule has 1 saturated heterocycles. The summed E-state index contributed by atoms with van der Waals surface area (Å²) in [6.45, 7) is 2.18. The maximum atomic E-state index is 5.25. The lowest BCUT2D eigenvalue weighted by Crippen LogP contribution is -2.34. The van der Waals surface area contributed by atoms with E-state index >= 15 is 0 Å². The molecule has 27 heavy (non-hydrogen) atoms. The van der Waals surface area contributed by atoms with Crippen LogP contribution in [0.2, 0.25) is 0 Å². The third kappa shape index (κ3) is 2.56. The molecule has 1 fully saturated rings. The number of hydrogen-bond acceptors (Lipinski definition) is 2. The fraction of sp³-hybridized carbons (Fsp3) is 0.333. The van der Waals surface area contributed by atoms with Gasteiger partial charge in [0.05, 0.1) is 12.6 Å². The van der Waals surface area contributed by atoms with Gasteiger partial charge in [0.15, 0.2) is 0 Å². The number of methoxy groups -OCH3 is 1. The van der Waals surface area contributed by atoms with Gasteiger partial charge in [-0.05, 0) is 74.7 Å². The number of rotatable bonds is 1. The number of likely N-dealkylation sites (N-methyl/N-ethyl adjacent to an activating group) is 1. The van der Waals surface area contributed by atoms with Crippen molar-refractivity contribution >= 4 is 10.9 Å². The highest BCUT2D eigenvalue weighted by atomic mass is 16.5. The first-order valence-electron chi connectivity index (χ1n) is 9.67. The Balaban J connectivity index is 1.67. The normalized spacial score (nSPS) is 21.0. The Morgan fingerprint density at radius 2 is 1.89 bits per heavy atom. The number of hydrogen-bond donors (Lipinski definition) is 0. The highest BCUT2D eigenvalue weighted by Crippen LogP contribution is 2.46. The molecule has 0 saturated carbocycles. The second-order valence-corrected chi connectivity index (χ2v) is 7.80. The van der Waals surface area contributed by atoms with Crippen molar-refractivity contribution in [3.63, 3.8) is 0 Å². The zero-order chi connectivity index (χ0) is 18.5. The van der Waals surface area contributed by atoms with Gasteiger partial charge < -0.3 is 4.74 Å². The van der Waals surface area contributed by atoms with E-state index < -0.39 is 0 Å². The number of nitrogens with zero attached hydrogens (tertiary/aromatic N) is 2. The summed E-state index contributed by atoms with van der Waals surface area (Å²) >= 11 is 0. The van der Waals surface area contributed by atoms with Crippen LogP contribution in [-0.4, -0.2) is 29.7 Å². The van der Waals surface area contributed by atoms with E-state index in [9.17, 15) is 0 Å². The standard InChI is InChI=1S/C24H24N2O/c1-16-4-10-21-20(14-16)24-22-11-7-18(25(22)2)15-23(24)26(21)13-12-17-5-8-19(27-3)9-6-17/h4-6,8-10,14,18,22H,7,11,15H2,1-3H3. The Morgan fingerprint density at radius 3 is 2.67 bits per heavy atom. The van der Waals surface area contributed by atoms with E-state index in [1.165, 1.54) is 40.6 Å². The van der Waals surface area contributed by atoms with Crippen LogP contribution in [0.5, 0.6) is 5.75 Å². The third-order valence-corrected chi connectivity index (χ3v) is 6.27. The molecule has 1 aromatic heterocycles. The molecule has 3 heterocycles. The summed E-state index contributed by atoms with van der Waals surface area (Å²) in [5.41, 5.74) is 6.49. The van der Waals surface area contributed by atoms with Crippen molar-refractivity contribution in [2.24, 2.45) is 0 Å². The largest absolute Gasteiger partial charge is 0.497 e. The molecule has 3 heteroatoms. The molecule has 0 spiro atoms. The van der Waals surface area contributed by atoms with E-state index in [2.05, 4.69) is 53.6 Å². The average Bonchev–Trinajstić information content (AvgIpc) is 3.10. The van der Waals surface area contributed by atoms with E-state index in [4.69, 9.17) is 4.74 Å². The van der Waals surface area contributed by atoms with Gasteiger partial charge >= 0.3 is 0 Å². The molecule has 3 nitrogen and oxygen atoms in total. The second kappa shape index (κ2) is 6.18. The van der Waals surface area contributed by atoms with Gasteiger partial charge in [-0.25, -0.2) is 0 Å². The number of aryl methyl sites for hydroxylation is 1. The molecule has 5 rings (SSSR count). The molecular formula is C24H24N2O. The Morgan fingerprint density at radius 1 is 1.07 bits per heavy atom. The van der Waals surface area contributed by atoms with Crippen LogP contribution in [0.1, 0.15) is 41.3 Å². The first kappa shape index (κ1) is 16.5. The predicted molar refractivity (Wildman–Crippen MR) is 109 cm³/mol. The predicted octanol–water partition coefficient (Wildman–Crippen LogP) is 4.51. The smallest absolute Gasteiger partial charge is 0.118 e. The van der Waals surface area contributed by atoms with Gasteiger partial charge in [0.1, 0.15) is 5.75 Å². The summed E-state index contributed by atoms with van der Waals surface area (Å²) in [5.74, 6) is 4.22. The average molecular weight is 356 g/mol. The highest BCUT2D eigenvalue weighted by Gasteiger charge is 2.40. The van der Waals surface area contributed by atoms with Crippen molar-refractivity contribution in [3.05, 3.63) is 64.8 Å². The van der Waals surface area contributed by atoms with Crippen LogP contribution < -0.4 is 4.74 Å². The van der Waals surface area contributed by atoms with Crippen molar-refractivity contribution < 1.29 is 4.74 Å². The van der Waals surface area contributed by atoms with Gasteiger partial charge in [0, 0.05) is 41.2 Å². The first-order valence-corrected chi connectivity index (χ1v) is 9.67. The minimum absolute atomic E-state index is 0.534. The molecule has 0 amide bonds. The maximum absolute atomic E-state index is 5.25. The van der Waals surface area contributed by atoms with Crippen LogP contribution in [-0.2, 0) is 6.42 Å². The topological polar surface area (TPSA) is 17.4 Å². The van der Waals surface area contributed by atoms with E-state index in [1.54, 1.807) is 7.11 Å². The number of ether oxygens (including phenoxy) is 1. The summed E-state index contributed by atoms with van der Waals surface area (Å²) < 4.78 is 7.50. The Kier molecular flexibility index (Phi) is 3.77. The number of fused-ring (bicyclic) bond motifs is 6. The van der Waals surface area contributed by atoms with E-state index in [-0.39, 0.29) is 0 Å². The highest BCUT2D eigenvalue weighted by molar-refractivity contribution is 5.88. The Bertz CT molecular complexity index is 1080. The minimum Gasteiger partial charge on any atom is -0.497 e. The summed E-state index contributed by atoms with van der Waals surface area (Å²) in [7, 11) is 3.97. The molecule has 2 atom stereocenters. The third-order valence-electron chi connectivity index (χ3n) is 6.27. The Hall–Kier alpha value is -2.70. The van der Waals surface area contributed by atoms with Gasteiger partial charge in [-0.3, -0.25) is 9.47 Å². The van der Waals surface area contributed by atoms with Gasteiger partial charge in [-0.2, -0.15) is 0 Å². The second-order valence-electron chi connectivity index (χ2n) is 7.80. The van der Waals surface area contributed by atoms with Crippen LogP contribution in [0.15, 0.2) is 42.5 Å². The Labute approximate surface area is 160 Å². The van der Waals surface area contributed by atoms with Crippen molar-refractivity contribution in [3.8, 4) is 17.7 Å². The summed E-state index contributed by atoms with van der Waals surface area (Å²) in [6.07, 6.45) is 3.63. The lowest BCUT2D eigenvalue weighted by atomic mass is 9.97. The van der Waals surface area contributed by atoms with Crippen LogP contribution >= 0.6 is 0 Å². The van der Waals surface area contributed by atoms with Gasteiger partial charge in [0.25, 0.3) is 0 Å². The molecule has 2 bridgehead atoms. The quantitative estimate of drug-likeness (QED) is 0.597. The van der Waals surface area contributed by atoms with Gasteiger partial charge in [-0.15, -0.1) is 0 Å². The SMILES string of the molecule is COc1ccc(C#Cn2c3c(c4cc(C)ccc42)C2CCC(C3)N2C)cc1. The van der Waals surface area contributed by atoms with E-state index in [1.807, 2.05) is 24.3 Å². The van der Waals surface area contributed by atoms with Gasteiger partial charge in [0.2, 0.25) is 0 Å². The van der Waals surface area contributed by atoms with Gasteiger partial charge in [-0.1, -0.05) is 11.6 Å². The summed E-state index contributed by atoms with van der Waals surface area (Å²) in [5, 5.41) is 1.38. The molecule has 0 aliphatic carbocycles. The molecule has 136 valence electrons. The lowest BCUT2D eigenvalue weighted by Gasteiger charge is -2.31. The fourth-order valence-corrected chi connectivity index (χ4v) is 4.81. The van der Waals surface area contributed by atoms with Crippen LogP contribution in [0.25, 0.3) is 10.9 Å². The first-order chi connectivity index (χ1) is 13.2. The molecule has 2 aliphatic heterocycles. The summed E-state index contributed by atoms with van der Waals surface area (Å²) in [6, 6.07) is 19.4. The van der Waals surface area contributed by atoms with Crippen molar-refractivity contribution in [1.29, 1.82) is 0 Å². The zero-order valence-electron chi connectivity index (χ0n) is 16.1. The monoisotopic (exact) mass is 356 g/mol. The fourth-order valence-electron chi connectivity index (χ4n) is 4.81. The van der Waals surface area contributed by atoms with Crippen molar-refractivity contribution in [2.75, 3.05) is 14.2 Å². The van der Waals surface area contributed by atoms with Crippen molar-refractivity contribution in [1.82, 2.24) is 9.47 Å². The molecule has 0 N–H and O–H groups in total. The van der Waals surface area contributed by atoms with Crippen LogP contribution in [0.3, 0.4) is 0 Å². The molecule has 3 aromatic rings. The van der Waals surface area contributed by atoms with E-state index in [0.717, 1.165) is 17.7 Å². The van der Waals surface area contributed by atoms with Crippen LogP contribution in [0.4, 0.5) is 0 Å². The zero-order valence-corrected chi connectivity index (χ0v) is 16.1. The minimum atomic E-state index is 0.534. The summed E-state index contributed by atoms with van der Waals surface area (Å²) in [4.78, 5) is 2.57. The van der Waals surface area contributed by atoms with Crippen molar-refractivity contribution in [2.45, 2.75) is 38.3 Å². The number of benzene rings is 2. The molecule has 2 aromatic carbocycles. The maximum Gasteiger partial charge on any atom is 0.118 e. The van der Waals surface area contributed by atoms with E-state index in [0.29, 0.717) is 12.1 Å². The molecule has 2 unspecified atom stereocenters. The number of aromatic nitrogens is 1. The molecule has 2 aliphatic rings. The molecule has 0 radical (unpaired) electrons.